The average molecular weight is 287 g/mol. The van der Waals surface area contributed by atoms with E-state index in [1.165, 1.54) is 17.8 Å². The fourth-order valence-corrected chi connectivity index (χ4v) is 1.86. The molecule has 0 saturated heterocycles. The summed E-state index contributed by atoms with van der Waals surface area (Å²) in [7, 11) is 1.54. The highest BCUT2D eigenvalue weighted by atomic mass is 16.6. The Labute approximate surface area is 121 Å². The van der Waals surface area contributed by atoms with Crippen LogP contribution in [-0.4, -0.2) is 33.9 Å². The number of benzene rings is 1. The maximum atomic E-state index is 11.1. The Hall–Kier alpha value is -3.16. The third-order valence-corrected chi connectivity index (χ3v) is 2.83. The highest BCUT2D eigenvalue weighted by molar-refractivity contribution is 5.76. The topological polar surface area (TPSA) is 101 Å². The Balaban J connectivity index is 2.46. The van der Waals surface area contributed by atoms with Crippen LogP contribution in [0.4, 0.5) is 11.5 Å². The van der Waals surface area contributed by atoms with E-state index in [0.717, 1.165) is 0 Å². The molecule has 2 rings (SSSR count). The predicted octanol–water partition coefficient (Wildman–Crippen LogP) is 1.18. The minimum Gasteiger partial charge on any atom is -0.367 e. The van der Waals surface area contributed by atoms with Gasteiger partial charge in [-0.15, -0.1) is 4.68 Å². The number of nitro groups is 1. The first-order valence-corrected chi connectivity index (χ1v) is 6.05. The number of nitro benzene ring substituents is 1. The molecule has 8 heteroatoms. The van der Waals surface area contributed by atoms with Crippen molar-refractivity contribution in [2.24, 2.45) is 10.7 Å². The Morgan fingerprint density at radius 2 is 2.10 bits per heavy atom. The molecule has 2 aromatic rings. The van der Waals surface area contributed by atoms with E-state index in [9.17, 15) is 10.1 Å². The number of hydrogen-bond acceptors (Lipinski definition) is 3. The largest absolute Gasteiger partial charge is 0.367 e. The number of hydrogen-bond donors (Lipinski definition) is 2. The number of aromatic nitrogens is 1. The van der Waals surface area contributed by atoms with E-state index < -0.39 is 4.92 Å². The van der Waals surface area contributed by atoms with Crippen molar-refractivity contribution in [3.8, 4) is 5.69 Å². The molecule has 0 saturated carbocycles. The lowest BCUT2D eigenvalue weighted by Crippen LogP contribution is -2.37. The molecule has 8 nitrogen and oxygen atoms in total. The molecule has 0 unspecified atom stereocenters. The number of guanidine groups is 1. The van der Waals surface area contributed by atoms with Gasteiger partial charge in [-0.3, -0.25) is 15.1 Å². The summed E-state index contributed by atoms with van der Waals surface area (Å²) in [4.78, 5) is 14.5. The predicted molar refractivity (Wildman–Crippen MR) is 80.1 cm³/mol. The third-order valence-electron chi connectivity index (χ3n) is 2.83. The van der Waals surface area contributed by atoms with E-state index in [-0.39, 0.29) is 11.6 Å². The summed E-state index contributed by atoms with van der Waals surface area (Å²) in [6.07, 6.45) is 1.71. The van der Waals surface area contributed by atoms with Crippen LogP contribution in [-0.2, 0) is 0 Å². The Kier molecular flexibility index (Phi) is 3.98. The van der Waals surface area contributed by atoms with Crippen molar-refractivity contribution in [2.75, 3.05) is 7.05 Å². The van der Waals surface area contributed by atoms with Crippen LogP contribution in [0.25, 0.3) is 5.69 Å². The molecule has 0 bridgehead atoms. The molecule has 21 heavy (non-hydrogen) atoms. The fourth-order valence-electron chi connectivity index (χ4n) is 1.86. The van der Waals surface area contributed by atoms with Crippen molar-refractivity contribution >= 4 is 24.2 Å². The summed E-state index contributed by atoms with van der Waals surface area (Å²) in [5, 5.41) is 11.1. The van der Waals surface area contributed by atoms with Crippen LogP contribution >= 0.6 is 0 Å². The lowest BCUT2D eigenvalue weighted by Gasteiger charge is -2.07. The summed E-state index contributed by atoms with van der Waals surface area (Å²) < 4.78 is 3.03. The van der Waals surface area contributed by atoms with Crippen LogP contribution in [0, 0.1) is 10.1 Å². The average Bonchev–Trinajstić information content (AvgIpc) is 2.96. The van der Waals surface area contributed by atoms with Crippen LogP contribution in [0.3, 0.4) is 0 Å². The lowest BCUT2D eigenvalue weighted by molar-refractivity contribution is -0.483. The first-order chi connectivity index (χ1) is 10.0. The van der Waals surface area contributed by atoms with Crippen molar-refractivity contribution < 1.29 is 9.61 Å². The number of nitrogens with one attached hydrogen (secondary N) is 1. The number of hydrazone groups is 1. The molecule has 0 fully saturated rings. The number of nitrogens with two attached hydrogens (primary N) is 1. The second-order valence-corrected chi connectivity index (χ2v) is 4.13. The van der Waals surface area contributed by atoms with E-state index >= 15 is 0 Å². The number of hydrazine groups is 1. The SMILES string of the molecule is C=[N+](NC(N)=NC)c1cccn1-c1ccccc1[N+](=O)[O-]. The second kappa shape index (κ2) is 5.87. The molecule has 0 radical (unpaired) electrons. The molecule has 1 heterocycles. The van der Waals surface area contributed by atoms with Gasteiger partial charge in [-0.1, -0.05) is 12.1 Å². The number of nitrogens with zero attached hydrogens (tertiary/aromatic N) is 4. The van der Waals surface area contributed by atoms with Gasteiger partial charge in [-0.05, 0) is 12.1 Å². The Morgan fingerprint density at radius 3 is 2.76 bits per heavy atom. The van der Waals surface area contributed by atoms with Crippen LogP contribution in [0.1, 0.15) is 0 Å². The van der Waals surface area contributed by atoms with Crippen molar-refractivity contribution in [2.45, 2.75) is 0 Å². The van der Waals surface area contributed by atoms with Gasteiger partial charge in [0.15, 0.2) is 0 Å². The first-order valence-electron chi connectivity index (χ1n) is 6.05. The minimum absolute atomic E-state index is 0.000445. The van der Waals surface area contributed by atoms with Crippen LogP contribution < -0.4 is 11.2 Å². The maximum Gasteiger partial charge on any atom is 0.316 e. The van der Waals surface area contributed by atoms with Gasteiger partial charge in [-0.2, -0.15) is 9.99 Å². The molecule has 108 valence electrons. The van der Waals surface area contributed by atoms with Crippen molar-refractivity contribution in [3.05, 3.63) is 52.7 Å². The molecule has 1 aromatic carbocycles. The third kappa shape index (κ3) is 2.89. The van der Waals surface area contributed by atoms with Gasteiger partial charge in [0, 0.05) is 19.2 Å². The van der Waals surface area contributed by atoms with Crippen LogP contribution in [0.5, 0.6) is 0 Å². The molecular formula is C13H15N6O2+. The van der Waals surface area contributed by atoms with E-state index in [1.54, 1.807) is 41.1 Å². The molecule has 0 spiro atoms. The van der Waals surface area contributed by atoms with Crippen molar-refractivity contribution in [1.29, 1.82) is 0 Å². The van der Waals surface area contributed by atoms with E-state index in [4.69, 9.17) is 5.73 Å². The van der Waals surface area contributed by atoms with E-state index in [1.807, 2.05) is 0 Å². The molecule has 3 N–H and O–H groups in total. The minimum atomic E-state index is -0.429. The van der Waals surface area contributed by atoms with Crippen molar-refractivity contribution in [1.82, 2.24) is 9.99 Å². The van der Waals surface area contributed by atoms with Gasteiger partial charge in [0.05, 0.1) is 17.8 Å². The molecule has 0 aliphatic carbocycles. The summed E-state index contributed by atoms with van der Waals surface area (Å²) in [5.41, 5.74) is 8.77. The molecule has 1 aromatic heterocycles. The smallest absolute Gasteiger partial charge is 0.316 e. The number of aliphatic imine (C=N–C) groups is 1. The highest BCUT2D eigenvalue weighted by Crippen LogP contribution is 2.26. The summed E-state index contributed by atoms with van der Waals surface area (Å²) in [6, 6.07) is 9.96. The molecule has 0 aliphatic rings. The number of rotatable bonds is 4. The fraction of sp³-hybridized carbons (Fsp3) is 0.0769. The summed E-state index contributed by atoms with van der Waals surface area (Å²) in [5.74, 6) is 0.760. The zero-order chi connectivity index (χ0) is 15.4. The van der Waals surface area contributed by atoms with Crippen LogP contribution in [0.15, 0.2) is 47.6 Å². The Bertz CT molecular complexity index is 719. The molecular weight excluding hydrogens is 272 g/mol. The molecule has 0 aliphatic heterocycles. The standard InChI is InChI=1S/C13H15N6O2/c1-15-13(14)16-17(2)12-8-5-9-18(12)10-6-3-4-7-11(10)19(20)21/h3-9H,2H2,1H3,(H3,14,15,16)/q+1. The van der Waals surface area contributed by atoms with Gasteiger partial charge >= 0.3 is 11.5 Å². The zero-order valence-corrected chi connectivity index (χ0v) is 11.4. The summed E-state index contributed by atoms with van der Waals surface area (Å²) in [6.45, 7) is 3.80. The van der Waals surface area contributed by atoms with Gasteiger partial charge in [0.2, 0.25) is 11.6 Å². The van der Waals surface area contributed by atoms with Gasteiger partial charge < -0.3 is 5.73 Å². The quantitative estimate of drug-likeness (QED) is 0.290. The molecule has 0 atom stereocenters. The summed E-state index contributed by atoms with van der Waals surface area (Å²) >= 11 is 0. The van der Waals surface area contributed by atoms with Crippen LogP contribution in [0.2, 0.25) is 0 Å². The molecule has 0 amide bonds. The normalized spacial score (nSPS) is 11.2. The van der Waals surface area contributed by atoms with Gasteiger partial charge in [0.25, 0.3) is 0 Å². The Morgan fingerprint density at radius 1 is 1.38 bits per heavy atom. The van der Waals surface area contributed by atoms with Gasteiger partial charge in [0.1, 0.15) is 0 Å². The van der Waals surface area contributed by atoms with E-state index in [0.29, 0.717) is 11.5 Å². The maximum absolute atomic E-state index is 11.1. The lowest BCUT2D eigenvalue weighted by atomic mass is 10.2. The monoisotopic (exact) mass is 287 g/mol. The first kappa shape index (κ1) is 14.3. The van der Waals surface area contributed by atoms with E-state index in [2.05, 4.69) is 17.1 Å². The zero-order valence-electron chi connectivity index (χ0n) is 11.4. The highest BCUT2D eigenvalue weighted by Gasteiger charge is 2.23. The second-order valence-electron chi connectivity index (χ2n) is 4.13. The van der Waals surface area contributed by atoms with Gasteiger partial charge in [-0.25, -0.2) is 0 Å². The number of para-hydroxylation sites is 2. The van der Waals surface area contributed by atoms with Crippen molar-refractivity contribution in [3.63, 3.8) is 0 Å².